The van der Waals surface area contributed by atoms with Crippen molar-refractivity contribution < 1.29 is 22.7 Å². The number of hydrogen-bond acceptors (Lipinski definition) is 7. The first-order valence-corrected chi connectivity index (χ1v) is 9.50. The zero-order valence-corrected chi connectivity index (χ0v) is 14.7. The Kier molecular flexibility index (Phi) is 4.76. The number of benzene rings is 1. The molecule has 2 aliphatic heterocycles. The molecule has 1 saturated heterocycles. The molecule has 0 aromatic heterocycles. The lowest BCUT2D eigenvalue weighted by atomic mass is 10.1. The van der Waals surface area contributed by atoms with Crippen molar-refractivity contribution in [2.75, 3.05) is 31.8 Å². The standard InChI is InChI=1S/C16H19N3O5S/c1-24-14(20)11-19-12-7-3-4-8-13(12)25(22,23)15(17-19)16(21)18-9-5-2-6-10-18/h3-4,7-8H,2,5-6,9-11H2,1H3. The van der Waals surface area contributed by atoms with Gasteiger partial charge in [-0.1, -0.05) is 12.1 Å². The third kappa shape index (κ3) is 3.23. The topological polar surface area (TPSA) is 96.3 Å². The molecule has 0 radical (unpaired) electrons. The van der Waals surface area contributed by atoms with E-state index in [1.807, 2.05) is 0 Å². The Morgan fingerprint density at radius 2 is 1.84 bits per heavy atom. The Hall–Kier alpha value is -2.42. The lowest BCUT2D eigenvalue weighted by Gasteiger charge is -2.30. The molecule has 0 saturated carbocycles. The molecule has 2 aliphatic rings. The highest BCUT2D eigenvalue weighted by Gasteiger charge is 2.39. The number of likely N-dealkylation sites (tertiary alicyclic amines) is 1. The maximum absolute atomic E-state index is 12.9. The van der Waals surface area contributed by atoms with Crippen molar-refractivity contribution in [1.29, 1.82) is 0 Å². The molecule has 1 amide bonds. The number of anilines is 1. The maximum atomic E-state index is 12.9. The summed E-state index contributed by atoms with van der Waals surface area (Å²) in [4.78, 5) is 25.9. The number of carbonyl (C=O) groups is 2. The smallest absolute Gasteiger partial charge is 0.327 e. The predicted molar refractivity (Wildman–Crippen MR) is 90.9 cm³/mol. The van der Waals surface area contributed by atoms with Crippen LogP contribution in [-0.4, -0.2) is 57.0 Å². The van der Waals surface area contributed by atoms with E-state index in [1.54, 1.807) is 18.2 Å². The van der Waals surface area contributed by atoms with Gasteiger partial charge in [0.05, 0.1) is 17.7 Å². The minimum atomic E-state index is -4.04. The van der Waals surface area contributed by atoms with Crippen molar-refractivity contribution in [3.63, 3.8) is 0 Å². The number of nitrogens with zero attached hydrogens (tertiary/aromatic N) is 3. The van der Waals surface area contributed by atoms with Crippen LogP contribution in [0.25, 0.3) is 0 Å². The van der Waals surface area contributed by atoms with Gasteiger partial charge in [0.15, 0.2) is 0 Å². The van der Waals surface area contributed by atoms with Crippen molar-refractivity contribution in [2.45, 2.75) is 24.2 Å². The number of esters is 1. The van der Waals surface area contributed by atoms with Gasteiger partial charge in [-0.05, 0) is 31.4 Å². The van der Waals surface area contributed by atoms with Gasteiger partial charge in [-0.15, -0.1) is 0 Å². The summed E-state index contributed by atoms with van der Waals surface area (Å²) in [6, 6.07) is 6.17. The number of piperidine rings is 1. The number of hydrogen-bond donors (Lipinski definition) is 0. The number of amides is 1. The van der Waals surface area contributed by atoms with Crippen LogP contribution < -0.4 is 5.01 Å². The molecule has 8 nitrogen and oxygen atoms in total. The molecular weight excluding hydrogens is 346 g/mol. The van der Waals surface area contributed by atoms with Gasteiger partial charge >= 0.3 is 5.97 Å². The summed E-state index contributed by atoms with van der Waals surface area (Å²) in [5, 5.41) is 4.67. The SMILES string of the molecule is COC(=O)CN1N=C(C(=O)N2CCCCC2)S(=O)(=O)c2ccccc21. The fourth-order valence-corrected chi connectivity index (χ4v) is 4.40. The number of ether oxygens (including phenoxy) is 1. The molecule has 0 bridgehead atoms. The van der Waals surface area contributed by atoms with Gasteiger partial charge in [0.25, 0.3) is 5.91 Å². The molecule has 2 heterocycles. The fraction of sp³-hybridized carbons (Fsp3) is 0.438. The molecule has 25 heavy (non-hydrogen) atoms. The maximum Gasteiger partial charge on any atom is 0.327 e. The molecule has 1 aromatic rings. The zero-order valence-electron chi connectivity index (χ0n) is 13.8. The van der Waals surface area contributed by atoms with E-state index in [0.717, 1.165) is 19.3 Å². The molecule has 0 N–H and O–H groups in total. The fourth-order valence-electron chi connectivity index (χ4n) is 2.92. The van der Waals surface area contributed by atoms with Crippen molar-refractivity contribution >= 4 is 32.4 Å². The summed E-state index contributed by atoms with van der Waals surface area (Å²) in [7, 11) is -2.81. The Labute approximate surface area is 146 Å². The largest absolute Gasteiger partial charge is 0.468 e. The van der Waals surface area contributed by atoms with Crippen LogP contribution in [0.3, 0.4) is 0 Å². The second-order valence-corrected chi connectivity index (χ2v) is 7.70. The van der Waals surface area contributed by atoms with Crippen LogP contribution in [0.5, 0.6) is 0 Å². The minimum Gasteiger partial charge on any atom is -0.468 e. The molecule has 0 spiro atoms. The van der Waals surface area contributed by atoms with Crippen molar-refractivity contribution in [2.24, 2.45) is 5.10 Å². The molecular formula is C16H19N3O5S. The van der Waals surface area contributed by atoms with Gasteiger partial charge in [-0.3, -0.25) is 14.6 Å². The second kappa shape index (κ2) is 6.83. The highest BCUT2D eigenvalue weighted by molar-refractivity contribution is 8.08. The van der Waals surface area contributed by atoms with E-state index in [9.17, 15) is 18.0 Å². The number of sulfone groups is 1. The monoisotopic (exact) mass is 365 g/mol. The average Bonchev–Trinajstić information content (AvgIpc) is 2.64. The third-order valence-corrected chi connectivity index (χ3v) is 5.92. The van der Waals surface area contributed by atoms with Gasteiger partial charge in [-0.2, -0.15) is 5.10 Å². The summed E-state index contributed by atoms with van der Waals surface area (Å²) in [5.74, 6) is -1.20. The summed E-state index contributed by atoms with van der Waals surface area (Å²) in [6.07, 6.45) is 2.68. The molecule has 1 fully saturated rings. The Morgan fingerprint density at radius 3 is 2.52 bits per heavy atom. The first-order valence-electron chi connectivity index (χ1n) is 8.01. The highest BCUT2D eigenvalue weighted by Crippen LogP contribution is 2.32. The van der Waals surface area contributed by atoms with Crippen LogP contribution in [0.4, 0.5) is 5.69 Å². The van der Waals surface area contributed by atoms with Crippen molar-refractivity contribution in [3.05, 3.63) is 24.3 Å². The van der Waals surface area contributed by atoms with Gasteiger partial charge in [0.1, 0.15) is 6.54 Å². The van der Waals surface area contributed by atoms with Gasteiger partial charge in [0.2, 0.25) is 14.9 Å². The first-order chi connectivity index (χ1) is 11.9. The average molecular weight is 365 g/mol. The second-order valence-electron chi connectivity index (χ2n) is 5.86. The summed E-state index contributed by atoms with van der Waals surface area (Å²) < 4.78 is 30.4. The summed E-state index contributed by atoms with van der Waals surface area (Å²) >= 11 is 0. The van der Waals surface area contributed by atoms with Crippen molar-refractivity contribution in [3.8, 4) is 0 Å². The van der Waals surface area contributed by atoms with Crippen LogP contribution in [0, 0.1) is 0 Å². The van der Waals surface area contributed by atoms with Gasteiger partial charge in [-0.25, -0.2) is 8.42 Å². The summed E-state index contributed by atoms with van der Waals surface area (Å²) in [5.41, 5.74) is 0.253. The molecule has 0 aliphatic carbocycles. The van der Waals surface area contributed by atoms with Crippen LogP contribution in [0.15, 0.2) is 34.3 Å². The van der Waals surface area contributed by atoms with E-state index in [0.29, 0.717) is 13.1 Å². The number of methoxy groups -OCH3 is 1. The lowest BCUT2D eigenvalue weighted by Crippen LogP contribution is -2.46. The zero-order chi connectivity index (χ0) is 18.0. The van der Waals surface area contributed by atoms with Crippen molar-refractivity contribution in [1.82, 2.24) is 4.90 Å². The van der Waals surface area contributed by atoms with E-state index in [4.69, 9.17) is 0 Å². The molecule has 9 heteroatoms. The molecule has 3 rings (SSSR count). The molecule has 0 unspecified atom stereocenters. The number of hydrazone groups is 1. The summed E-state index contributed by atoms with van der Waals surface area (Å²) in [6.45, 7) is 0.734. The Bertz CT molecular complexity index is 828. The van der Waals surface area contributed by atoms with Crippen LogP contribution >= 0.6 is 0 Å². The normalized spacial score (nSPS) is 19.0. The van der Waals surface area contributed by atoms with E-state index in [2.05, 4.69) is 9.84 Å². The third-order valence-electron chi connectivity index (χ3n) is 4.23. The van der Waals surface area contributed by atoms with Gasteiger partial charge in [0, 0.05) is 13.1 Å². The predicted octanol–water partition coefficient (Wildman–Crippen LogP) is 0.779. The Morgan fingerprint density at radius 1 is 1.16 bits per heavy atom. The van der Waals surface area contributed by atoms with E-state index < -0.39 is 26.8 Å². The first kappa shape index (κ1) is 17.4. The minimum absolute atomic E-state index is 0.0331. The van der Waals surface area contributed by atoms with Crippen LogP contribution in [0.2, 0.25) is 0 Å². The molecule has 134 valence electrons. The lowest BCUT2D eigenvalue weighted by molar-refractivity contribution is -0.139. The number of rotatable bonds is 3. The number of fused-ring (bicyclic) bond motifs is 1. The van der Waals surface area contributed by atoms with E-state index >= 15 is 0 Å². The van der Waals surface area contributed by atoms with E-state index in [-0.39, 0.29) is 17.1 Å². The number of carbonyl (C=O) groups excluding carboxylic acids is 2. The highest BCUT2D eigenvalue weighted by atomic mass is 32.2. The molecule has 0 atom stereocenters. The van der Waals surface area contributed by atoms with Gasteiger partial charge < -0.3 is 9.64 Å². The van der Waals surface area contributed by atoms with Crippen LogP contribution in [0.1, 0.15) is 19.3 Å². The molecule has 1 aromatic carbocycles. The Balaban J connectivity index is 2.04. The van der Waals surface area contributed by atoms with Crippen LogP contribution in [-0.2, 0) is 24.2 Å². The van der Waals surface area contributed by atoms with E-state index in [1.165, 1.54) is 23.1 Å². The quantitative estimate of drug-likeness (QED) is 0.735. The number of para-hydroxylation sites is 1.